The fraction of sp³-hybridized carbons (Fsp3) is 0.250. The molecule has 0 radical (unpaired) electrons. The molecule has 0 aliphatic rings. The number of nitrogens with zero attached hydrogens (tertiary/aromatic N) is 1. The predicted molar refractivity (Wildman–Crippen MR) is 82.9 cm³/mol. The fourth-order valence-electron chi connectivity index (χ4n) is 2.03. The third-order valence-electron chi connectivity index (χ3n) is 3.08. The highest BCUT2D eigenvalue weighted by molar-refractivity contribution is 5.65. The van der Waals surface area contributed by atoms with Crippen molar-refractivity contribution in [1.29, 1.82) is 0 Å². The largest absolute Gasteiger partial charge is 0.494 e. The van der Waals surface area contributed by atoms with E-state index in [0.717, 1.165) is 17.7 Å². The summed E-state index contributed by atoms with van der Waals surface area (Å²) in [6.07, 6.45) is 0.764. The van der Waals surface area contributed by atoms with Crippen LogP contribution in [0.1, 0.15) is 12.0 Å². The van der Waals surface area contributed by atoms with Crippen molar-refractivity contribution in [3.05, 3.63) is 64.2 Å². The summed E-state index contributed by atoms with van der Waals surface area (Å²) in [5.74, 6) is 0.833. The highest BCUT2D eigenvalue weighted by Gasteiger charge is 2.14. The molecule has 2 aromatic rings. The van der Waals surface area contributed by atoms with Gasteiger partial charge >= 0.3 is 0 Å². The zero-order valence-electron chi connectivity index (χ0n) is 11.9. The topological polar surface area (TPSA) is 64.4 Å². The summed E-state index contributed by atoms with van der Waals surface area (Å²) in [6, 6.07) is 14.6. The Morgan fingerprint density at radius 1 is 1.14 bits per heavy atom. The number of para-hydroxylation sites is 2. The van der Waals surface area contributed by atoms with Crippen LogP contribution in [0.5, 0.6) is 5.75 Å². The van der Waals surface area contributed by atoms with Gasteiger partial charge in [-0.15, -0.1) is 0 Å². The molecule has 2 aromatic carbocycles. The molecular weight excluding hydrogens is 268 g/mol. The van der Waals surface area contributed by atoms with E-state index in [-0.39, 0.29) is 10.6 Å². The number of benzene rings is 2. The van der Waals surface area contributed by atoms with Gasteiger partial charge in [0.2, 0.25) is 0 Å². The average molecular weight is 286 g/mol. The van der Waals surface area contributed by atoms with Crippen LogP contribution in [0, 0.1) is 17.0 Å². The third kappa shape index (κ3) is 4.21. The quantitative estimate of drug-likeness (QED) is 0.478. The van der Waals surface area contributed by atoms with Gasteiger partial charge in [-0.05, 0) is 31.0 Å². The monoisotopic (exact) mass is 286 g/mol. The minimum Gasteiger partial charge on any atom is -0.494 e. The van der Waals surface area contributed by atoms with E-state index in [1.807, 2.05) is 43.3 Å². The number of aryl methyl sites for hydroxylation is 1. The number of nitro groups is 1. The highest BCUT2D eigenvalue weighted by atomic mass is 16.6. The minimum absolute atomic E-state index is 0.110. The van der Waals surface area contributed by atoms with Crippen LogP contribution in [0.15, 0.2) is 48.5 Å². The van der Waals surface area contributed by atoms with Crippen LogP contribution >= 0.6 is 0 Å². The highest BCUT2D eigenvalue weighted by Crippen LogP contribution is 2.27. The first-order chi connectivity index (χ1) is 10.2. The summed E-state index contributed by atoms with van der Waals surface area (Å²) < 4.78 is 5.58. The van der Waals surface area contributed by atoms with E-state index in [2.05, 4.69) is 5.32 Å². The Morgan fingerprint density at radius 2 is 1.90 bits per heavy atom. The van der Waals surface area contributed by atoms with Gasteiger partial charge in [0.15, 0.2) is 0 Å². The van der Waals surface area contributed by atoms with E-state index < -0.39 is 0 Å². The molecule has 2 rings (SSSR count). The summed E-state index contributed by atoms with van der Waals surface area (Å²) >= 11 is 0. The summed E-state index contributed by atoms with van der Waals surface area (Å²) in [5.41, 5.74) is 1.56. The normalized spacial score (nSPS) is 10.1. The Bertz CT molecular complexity index is 600. The summed E-state index contributed by atoms with van der Waals surface area (Å²) in [6.45, 7) is 3.05. The predicted octanol–water partition coefficient (Wildman–Crippen LogP) is 3.78. The van der Waals surface area contributed by atoms with Gasteiger partial charge < -0.3 is 10.1 Å². The Balaban J connectivity index is 1.83. The molecule has 0 spiro atoms. The minimum atomic E-state index is -0.365. The molecule has 0 amide bonds. The van der Waals surface area contributed by atoms with Crippen LogP contribution in [-0.4, -0.2) is 18.1 Å². The van der Waals surface area contributed by atoms with Crippen LogP contribution in [-0.2, 0) is 0 Å². The van der Waals surface area contributed by atoms with Crippen molar-refractivity contribution in [2.75, 3.05) is 18.5 Å². The van der Waals surface area contributed by atoms with Crippen LogP contribution in [0.4, 0.5) is 11.4 Å². The Kier molecular flexibility index (Phi) is 5.15. The van der Waals surface area contributed by atoms with Crippen molar-refractivity contribution in [3.63, 3.8) is 0 Å². The summed E-state index contributed by atoms with van der Waals surface area (Å²) in [4.78, 5) is 10.6. The molecule has 0 aliphatic heterocycles. The van der Waals surface area contributed by atoms with Gasteiger partial charge in [-0.1, -0.05) is 30.3 Å². The number of hydrogen-bond donors (Lipinski definition) is 1. The lowest BCUT2D eigenvalue weighted by Gasteiger charge is -2.10. The zero-order chi connectivity index (χ0) is 15.1. The number of hydrogen-bond acceptors (Lipinski definition) is 4. The smallest absolute Gasteiger partial charge is 0.292 e. The van der Waals surface area contributed by atoms with Gasteiger partial charge in [0, 0.05) is 12.6 Å². The lowest BCUT2D eigenvalue weighted by atomic mass is 10.1. The Labute approximate surface area is 123 Å². The second-order valence-electron chi connectivity index (χ2n) is 4.67. The molecule has 0 aromatic heterocycles. The van der Waals surface area contributed by atoms with Gasteiger partial charge in [-0.2, -0.15) is 0 Å². The van der Waals surface area contributed by atoms with Crippen molar-refractivity contribution in [2.24, 2.45) is 0 Å². The molecule has 0 fully saturated rings. The summed E-state index contributed by atoms with van der Waals surface area (Å²) in [5, 5.41) is 14.1. The molecule has 0 atom stereocenters. The molecule has 0 aliphatic carbocycles. The van der Waals surface area contributed by atoms with E-state index in [1.54, 1.807) is 6.07 Å². The molecule has 5 heteroatoms. The number of rotatable bonds is 7. The maximum atomic E-state index is 11.0. The number of nitro benzene ring substituents is 1. The van der Waals surface area contributed by atoms with Crippen LogP contribution in [0.2, 0.25) is 0 Å². The van der Waals surface area contributed by atoms with Crippen molar-refractivity contribution in [3.8, 4) is 5.75 Å². The molecule has 0 heterocycles. The van der Waals surface area contributed by atoms with Crippen molar-refractivity contribution < 1.29 is 9.66 Å². The van der Waals surface area contributed by atoms with E-state index in [4.69, 9.17) is 4.74 Å². The molecule has 0 saturated carbocycles. The van der Waals surface area contributed by atoms with Gasteiger partial charge in [-0.25, -0.2) is 0 Å². The van der Waals surface area contributed by atoms with Gasteiger partial charge in [0.05, 0.1) is 11.5 Å². The number of ether oxygens (including phenoxy) is 1. The maximum absolute atomic E-state index is 11.0. The van der Waals surface area contributed by atoms with Gasteiger partial charge in [0.1, 0.15) is 11.4 Å². The van der Waals surface area contributed by atoms with E-state index in [0.29, 0.717) is 18.8 Å². The lowest BCUT2D eigenvalue weighted by molar-refractivity contribution is -0.384. The molecule has 0 bridgehead atoms. The average Bonchev–Trinajstić information content (AvgIpc) is 2.49. The molecular formula is C16H18N2O3. The first-order valence-electron chi connectivity index (χ1n) is 6.84. The van der Waals surface area contributed by atoms with E-state index in [9.17, 15) is 10.1 Å². The Morgan fingerprint density at radius 3 is 2.62 bits per heavy atom. The molecule has 0 unspecified atom stereocenters. The molecule has 21 heavy (non-hydrogen) atoms. The third-order valence-corrected chi connectivity index (χ3v) is 3.08. The summed E-state index contributed by atoms with van der Waals surface area (Å²) in [7, 11) is 0. The second kappa shape index (κ2) is 7.28. The van der Waals surface area contributed by atoms with Crippen molar-refractivity contribution in [1.82, 2.24) is 0 Å². The first kappa shape index (κ1) is 14.8. The van der Waals surface area contributed by atoms with Crippen LogP contribution in [0.25, 0.3) is 0 Å². The molecule has 0 saturated heterocycles. The lowest BCUT2D eigenvalue weighted by Crippen LogP contribution is -2.09. The molecule has 1 N–H and O–H groups in total. The van der Waals surface area contributed by atoms with E-state index >= 15 is 0 Å². The van der Waals surface area contributed by atoms with Crippen molar-refractivity contribution in [2.45, 2.75) is 13.3 Å². The SMILES string of the molecule is Cc1cccc([N+](=O)[O-])c1NCCCOc1ccccc1. The zero-order valence-corrected chi connectivity index (χ0v) is 11.9. The van der Waals surface area contributed by atoms with Gasteiger partial charge in [0.25, 0.3) is 5.69 Å². The second-order valence-corrected chi connectivity index (χ2v) is 4.67. The number of anilines is 1. The van der Waals surface area contributed by atoms with Gasteiger partial charge in [-0.3, -0.25) is 10.1 Å². The molecule has 5 nitrogen and oxygen atoms in total. The fourth-order valence-corrected chi connectivity index (χ4v) is 2.03. The molecule has 110 valence electrons. The Hall–Kier alpha value is -2.56. The van der Waals surface area contributed by atoms with E-state index in [1.165, 1.54) is 6.07 Å². The first-order valence-corrected chi connectivity index (χ1v) is 6.84. The number of nitrogens with one attached hydrogen (secondary N) is 1. The van der Waals surface area contributed by atoms with Crippen LogP contribution in [0.3, 0.4) is 0 Å². The van der Waals surface area contributed by atoms with Crippen molar-refractivity contribution >= 4 is 11.4 Å². The standard InChI is InChI=1S/C16H18N2O3/c1-13-7-5-10-15(18(19)20)16(13)17-11-6-12-21-14-8-3-2-4-9-14/h2-5,7-10,17H,6,11-12H2,1H3. The maximum Gasteiger partial charge on any atom is 0.292 e. The van der Waals surface area contributed by atoms with Crippen LogP contribution < -0.4 is 10.1 Å².